The van der Waals surface area contributed by atoms with Crippen LogP contribution in [0.2, 0.25) is 0 Å². The van der Waals surface area contributed by atoms with Gasteiger partial charge in [-0.1, -0.05) is 39.1 Å². The SMILES string of the molecule is Cc1ccccc1P1CCCC1C. The van der Waals surface area contributed by atoms with Crippen molar-refractivity contribution < 1.29 is 0 Å². The molecule has 0 bridgehead atoms. The van der Waals surface area contributed by atoms with Crippen LogP contribution in [0.4, 0.5) is 0 Å². The molecule has 13 heavy (non-hydrogen) atoms. The van der Waals surface area contributed by atoms with Crippen molar-refractivity contribution in [3.8, 4) is 0 Å². The molecule has 1 fully saturated rings. The maximum absolute atomic E-state index is 2.42. The highest BCUT2D eigenvalue weighted by Gasteiger charge is 2.24. The van der Waals surface area contributed by atoms with Gasteiger partial charge < -0.3 is 0 Å². The van der Waals surface area contributed by atoms with Gasteiger partial charge in [0.2, 0.25) is 0 Å². The van der Waals surface area contributed by atoms with Crippen molar-refractivity contribution in [3.05, 3.63) is 29.8 Å². The first-order valence-electron chi connectivity index (χ1n) is 5.11. The summed E-state index contributed by atoms with van der Waals surface area (Å²) < 4.78 is 0. The number of hydrogen-bond donors (Lipinski definition) is 0. The van der Waals surface area contributed by atoms with Gasteiger partial charge >= 0.3 is 0 Å². The third kappa shape index (κ3) is 1.79. The van der Waals surface area contributed by atoms with Gasteiger partial charge in [-0.2, -0.15) is 0 Å². The van der Waals surface area contributed by atoms with Crippen LogP contribution in [0.3, 0.4) is 0 Å². The molecule has 1 saturated heterocycles. The van der Waals surface area contributed by atoms with E-state index in [1.54, 1.807) is 5.30 Å². The molecule has 1 heteroatoms. The van der Waals surface area contributed by atoms with Crippen LogP contribution in [0.25, 0.3) is 0 Å². The number of rotatable bonds is 1. The van der Waals surface area contributed by atoms with Gasteiger partial charge in [0.15, 0.2) is 0 Å². The van der Waals surface area contributed by atoms with E-state index in [-0.39, 0.29) is 7.92 Å². The lowest BCUT2D eigenvalue weighted by molar-refractivity contribution is 0.836. The third-order valence-corrected chi connectivity index (χ3v) is 6.22. The van der Waals surface area contributed by atoms with Gasteiger partial charge in [-0.3, -0.25) is 0 Å². The molecule has 0 spiro atoms. The Bertz CT molecular complexity index is 293. The monoisotopic (exact) mass is 192 g/mol. The Labute approximate surface area is 82.1 Å². The Morgan fingerprint density at radius 2 is 2.08 bits per heavy atom. The summed E-state index contributed by atoms with van der Waals surface area (Å²) in [4.78, 5) is 0. The molecule has 0 amide bonds. The second kappa shape index (κ2) is 3.80. The van der Waals surface area contributed by atoms with Crippen molar-refractivity contribution in [2.75, 3.05) is 6.16 Å². The molecule has 1 heterocycles. The van der Waals surface area contributed by atoms with Crippen LogP contribution < -0.4 is 5.30 Å². The molecule has 2 unspecified atom stereocenters. The fraction of sp³-hybridized carbons (Fsp3) is 0.500. The average molecular weight is 192 g/mol. The van der Waals surface area contributed by atoms with E-state index >= 15 is 0 Å². The first-order valence-corrected chi connectivity index (χ1v) is 6.71. The van der Waals surface area contributed by atoms with E-state index in [2.05, 4.69) is 38.1 Å². The molecule has 2 rings (SSSR count). The van der Waals surface area contributed by atoms with E-state index in [1.165, 1.54) is 24.6 Å². The predicted molar refractivity (Wildman–Crippen MR) is 61.3 cm³/mol. The molecule has 0 N–H and O–H groups in total. The summed E-state index contributed by atoms with van der Waals surface area (Å²) in [5.41, 5.74) is 2.46. The Balaban J connectivity index is 2.29. The zero-order chi connectivity index (χ0) is 9.26. The Kier molecular flexibility index (Phi) is 2.69. The van der Waals surface area contributed by atoms with Crippen molar-refractivity contribution in [2.45, 2.75) is 32.3 Å². The van der Waals surface area contributed by atoms with Crippen molar-refractivity contribution in [3.63, 3.8) is 0 Å². The molecule has 0 saturated carbocycles. The van der Waals surface area contributed by atoms with Crippen LogP contribution in [0.1, 0.15) is 25.3 Å². The molecule has 1 aliphatic rings. The summed E-state index contributed by atoms with van der Waals surface area (Å²) in [6, 6.07) is 8.93. The zero-order valence-electron chi connectivity index (χ0n) is 8.46. The molecule has 70 valence electrons. The highest BCUT2D eigenvalue weighted by molar-refractivity contribution is 7.66. The Hall–Kier alpha value is -0.350. The van der Waals surface area contributed by atoms with E-state index < -0.39 is 0 Å². The first-order chi connectivity index (χ1) is 6.29. The lowest BCUT2D eigenvalue weighted by Gasteiger charge is -2.18. The molecule has 1 aliphatic heterocycles. The maximum Gasteiger partial charge on any atom is -0.0197 e. The van der Waals surface area contributed by atoms with Crippen LogP contribution in [-0.2, 0) is 0 Å². The topological polar surface area (TPSA) is 0 Å². The minimum absolute atomic E-state index is 0.178. The summed E-state index contributed by atoms with van der Waals surface area (Å²) in [6.45, 7) is 4.67. The third-order valence-electron chi connectivity index (χ3n) is 2.98. The summed E-state index contributed by atoms with van der Waals surface area (Å²) in [6.07, 6.45) is 4.35. The predicted octanol–water partition coefficient (Wildman–Crippen LogP) is 3.28. The molecule has 0 aliphatic carbocycles. The normalized spacial score (nSPS) is 27.8. The molecular weight excluding hydrogens is 175 g/mol. The standard InChI is InChI=1S/C12H17P/c1-10-6-3-4-8-12(10)13-9-5-7-11(13)2/h3-4,6,8,11H,5,7,9H2,1-2H3. The number of hydrogen-bond acceptors (Lipinski definition) is 0. The van der Waals surface area contributed by atoms with Gasteiger partial charge in [0, 0.05) is 0 Å². The second-order valence-electron chi connectivity index (χ2n) is 3.97. The highest BCUT2D eigenvalue weighted by atomic mass is 31.1. The van der Waals surface area contributed by atoms with Gasteiger partial charge in [-0.05, 0) is 42.5 Å². The number of aryl methyl sites for hydroxylation is 1. The lowest BCUT2D eigenvalue weighted by Crippen LogP contribution is -2.09. The average Bonchev–Trinajstić information content (AvgIpc) is 2.52. The van der Waals surface area contributed by atoms with Gasteiger partial charge in [0.1, 0.15) is 0 Å². The lowest BCUT2D eigenvalue weighted by atomic mass is 10.2. The molecule has 0 radical (unpaired) electrons. The molecule has 1 aromatic carbocycles. The van der Waals surface area contributed by atoms with E-state index in [0.29, 0.717) is 0 Å². The fourth-order valence-corrected chi connectivity index (χ4v) is 5.16. The van der Waals surface area contributed by atoms with Gasteiger partial charge in [-0.15, -0.1) is 0 Å². The zero-order valence-corrected chi connectivity index (χ0v) is 9.35. The summed E-state index contributed by atoms with van der Waals surface area (Å²) >= 11 is 0. The van der Waals surface area contributed by atoms with Crippen molar-refractivity contribution in [1.29, 1.82) is 0 Å². The first kappa shape index (κ1) is 9.21. The van der Waals surface area contributed by atoms with Gasteiger partial charge in [0.05, 0.1) is 0 Å². The summed E-state index contributed by atoms with van der Waals surface area (Å²) in [5, 5.41) is 1.66. The molecule has 0 nitrogen and oxygen atoms in total. The van der Waals surface area contributed by atoms with Crippen molar-refractivity contribution in [2.24, 2.45) is 0 Å². The largest absolute Gasteiger partial charge is 0.0721 e. The van der Waals surface area contributed by atoms with Crippen LogP contribution in [0.5, 0.6) is 0 Å². The van der Waals surface area contributed by atoms with Crippen LogP contribution in [-0.4, -0.2) is 11.8 Å². The number of benzene rings is 1. The van der Waals surface area contributed by atoms with Crippen LogP contribution in [0, 0.1) is 6.92 Å². The molecule has 0 aromatic heterocycles. The fourth-order valence-electron chi connectivity index (χ4n) is 2.18. The van der Waals surface area contributed by atoms with Crippen molar-refractivity contribution >= 4 is 13.2 Å². The summed E-state index contributed by atoms with van der Waals surface area (Å²) in [7, 11) is 0.178. The molecular formula is C12H17P. The smallest absolute Gasteiger partial charge is 0.0197 e. The second-order valence-corrected chi connectivity index (χ2v) is 6.72. The highest BCUT2D eigenvalue weighted by Crippen LogP contribution is 2.49. The maximum atomic E-state index is 2.42. The van der Waals surface area contributed by atoms with E-state index in [9.17, 15) is 0 Å². The van der Waals surface area contributed by atoms with E-state index in [0.717, 1.165) is 5.66 Å². The minimum atomic E-state index is 0.178. The Morgan fingerprint density at radius 3 is 2.69 bits per heavy atom. The van der Waals surface area contributed by atoms with Crippen LogP contribution >= 0.6 is 7.92 Å². The molecule has 1 aromatic rings. The van der Waals surface area contributed by atoms with Gasteiger partial charge in [0.25, 0.3) is 0 Å². The Morgan fingerprint density at radius 1 is 1.31 bits per heavy atom. The quantitative estimate of drug-likeness (QED) is 0.599. The minimum Gasteiger partial charge on any atom is -0.0721 e. The van der Waals surface area contributed by atoms with Gasteiger partial charge in [-0.25, -0.2) is 0 Å². The van der Waals surface area contributed by atoms with Crippen LogP contribution in [0.15, 0.2) is 24.3 Å². The summed E-state index contributed by atoms with van der Waals surface area (Å²) in [5.74, 6) is 0. The molecule has 2 atom stereocenters. The van der Waals surface area contributed by atoms with E-state index in [1.807, 2.05) is 0 Å². The van der Waals surface area contributed by atoms with Crippen molar-refractivity contribution in [1.82, 2.24) is 0 Å². The van der Waals surface area contributed by atoms with E-state index in [4.69, 9.17) is 0 Å².